The van der Waals surface area contributed by atoms with E-state index in [4.69, 9.17) is 9.47 Å². The molecule has 0 radical (unpaired) electrons. The number of hydrogen-bond acceptors (Lipinski definition) is 2. The Morgan fingerprint density at radius 3 is 2.26 bits per heavy atom. The van der Waals surface area contributed by atoms with E-state index >= 15 is 0 Å². The molecular formula is C22H25F3O2. The molecule has 0 aliphatic heterocycles. The molecule has 2 aromatic rings. The minimum atomic E-state index is -0.910. The second kappa shape index (κ2) is 8.68. The maximum Gasteiger partial charge on any atom is 0.200 e. The summed E-state index contributed by atoms with van der Waals surface area (Å²) in [4.78, 5) is 0. The zero-order valence-corrected chi connectivity index (χ0v) is 15.7. The molecule has 0 N–H and O–H groups in total. The van der Waals surface area contributed by atoms with Gasteiger partial charge in [0.1, 0.15) is 11.6 Å². The lowest BCUT2D eigenvalue weighted by atomic mass is 9.76. The van der Waals surface area contributed by atoms with Gasteiger partial charge in [-0.25, -0.2) is 8.78 Å². The Bertz CT molecular complexity index is 783. The molecule has 0 heterocycles. The summed E-state index contributed by atoms with van der Waals surface area (Å²) < 4.78 is 52.2. The van der Waals surface area contributed by atoms with Crippen LogP contribution < -0.4 is 9.47 Å². The molecule has 27 heavy (non-hydrogen) atoms. The number of halogens is 3. The maximum atomic E-state index is 14.3. The highest BCUT2D eigenvalue weighted by molar-refractivity contribution is 5.33. The van der Waals surface area contributed by atoms with Crippen molar-refractivity contribution in [1.29, 1.82) is 0 Å². The summed E-state index contributed by atoms with van der Waals surface area (Å²) >= 11 is 0. The van der Waals surface area contributed by atoms with E-state index in [9.17, 15) is 13.2 Å². The van der Waals surface area contributed by atoms with Gasteiger partial charge in [-0.2, -0.15) is 4.39 Å². The van der Waals surface area contributed by atoms with Crippen LogP contribution in [-0.2, 0) is 6.42 Å². The SMILES string of the molecule is COc1ccc(CCC2CCC(c3ccc(OC)c(F)c3F)CC2)c(F)c1. The number of ether oxygens (including phenoxy) is 2. The topological polar surface area (TPSA) is 18.5 Å². The summed E-state index contributed by atoms with van der Waals surface area (Å²) in [5.41, 5.74) is 1.13. The predicted molar refractivity (Wildman–Crippen MR) is 98.9 cm³/mol. The van der Waals surface area contributed by atoms with Crippen molar-refractivity contribution >= 4 is 0 Å². The van der Waals surface area contributed by atoms with Crippen molar-refractivity contribution in [2.45, 2.75) is 44.4 Å². The molecule has 146 valence electrons. The fourth-order valence-electron chi connectivity index (χ4n) is 4.00. The minimum Gasteiger partial charge on any atom is -0.497 e. The normalized spacial score (nSPS) is 19.7. The molecule has 0 amide bonds. The van der Waals surface area contributed by atoms with Crippen molar-refractivity contribution in [1.82, 2.24) is 0 Å². The van der Waals surface area contributed by atoms with Crippen molar-refractivity contribution < 1.29 is 22.6 Å². The molecule has 0 spiro atoms. The van der Waals surface area contributed by atoms with E-state index in [1.54, 1.807) is 18.2 Å². The Kier molecular flexibility index (Phi) is 6.30. The van der Waals surface area contributed by atoms with Crippen molar-refractivity contribution in [2.75, 3.05) is 14.2 Å². The first-order valence-corrected chi connectivity index (χ1v) is 9.37. The summed E-state index contributed by atoms with van der Waals surface area (Å²) in [5, 5.41) is 0. The lowest BCUT2D eigenvalue weighted by Gasteiger charge is -2.29. The second-order valence-electron chi connectivity index (χ2n) is 7.20. The first kappa shape index (κ1) is 19.6. The van der Waals surface area contributed by atoms with Crippen molar-refractivity contribution in [3.05, 3.63) is 58.9 Å². The van der Waals surface area contributed by atoms with Crippen LogP contribution in [-0.4, -0.2) is 14.2 Å². The largest absolute Gasteiger partial charge is 0.497 e. The molecule has 3 rings (SSSR count). The van der Waals surface area contributed by atoms with Gasteiger partial charge in [-0.1, -0.05) is 12.1 Å². The fraction of sp³-hybridized carbons (Fsp3) is 0.455. The summed E-state index contributed by atoms with van der Waals surface area (Å²) in [6.07, 6.45) is 5.09. The van der Waals surface area contributed by atoms with Crippen LogP contribution >= 0.6 is 0 Å². The van der Waals surface area contributed by atoms with E-state index in [2.05, 4.69) is 0 Å². The van der Waals surface area contributed by atoms with Gasteiger partial charge in [0, 0.05) is 6.07 Å². The third-order valence-corrected chi connectivity index (χ3v) is 5.67. The van der Waals surface area contributed by atoms with E-state index in [0.29, 0.717) is 29.2 Å². The van der Waals surface area contributed by atoms with Gasteiger partial charge in [0.2, 0.25) is 5.82 Å². The van der Waals surface area contributed by atoms with Crippen molar-refractivity contribution in [3.8, 4) is 11.5 Å². The highest BCUT2D eigenvalue weighted by atomic mass is 19.2. The highest BCUT2D eigenvalue weighted by Crippen LogP contribution is 2.40. The van der Waals surface area contributed by atoms with Crippen LogP contribution in [0.1, 0.15) is 49.1 Å². The maximum absolute atomic E-state index is 14.3. The standard InChI is InChI=1S/C22H25F3O2/c1-26-17-10-9-16(19(23)13-17)8-5-14-3-6-15(7-4-14)18-11-12-20(27-2)22(25)21(18)24/h9-15H,3-8H2,1-2H3. The first-order valence-electron chi connectivity index (χ1n) is 9.37. The van der Waals surface area contributed by atoms with Crippen LogP contribution in [0.3, 0.4) is 0 Å². The monoisotopic (exact) mass is 378 g/mol. The van der Waals surface area contributed by atoms with Gasteiger partial charge < -0.3 is 9.47 Å². The number of rotatable bonds is 6. The van der Waals surface area contributed by atoms with Gasteiger partial charge >= 0.3 is 0 Å². The molecule has 0 unspecified atom stereocenters. The van der Waals surface area contributed by atoms with Crippen LogP contribution in [0.4, 0.5) is 13.2 Å². The summed E-state index contributed by atoms with van der Waals surface area (Å²) in [7, 11) is 2.85. The molecule has 1 fully saturated rings. The van der Waals surface area contributed by atoms with Crippen LogP contribution in [0.15, 0.2) is 30.3 Å². The molecule has 1 aliphatic carbocycles. The van der Waals surface area contributed by atoms with Gasteiger partial charge in [-0.05, 0) is 73.6 Å². The number of benzene rings is 2. The van der Waals surface area contributed by atoms with Gasteiger partial charge in [0.25, 0.3) is 0 Å². The number of hydrogen-bond donors (Lipinski definition) is 0. The Balaban J connectivity index is 1.56. The van der Waals surface area contributed by atoms with Crippen LogP contribution in [0.2, 0.25) is 0 Å². The van der Waals surface area contributed by atoms with E-state index in [1.165, 1.54) is 26.4 Å². The number of methoxy groups -OCH3 is 2. The molecule has 0 atom stereocenters. The smallest absolute Gasteiger partial charge is 0.200 e. The predicted octanol–water partition coefficient (Wildman–Crippen LogP) is 6.03. The lowest BCUT2D eigenvalue weighted by molar-refractivity contribution is 0.302. The zero-order valence-electron chi connectivity index (χ0n) is 15.7. The van der Waals surface area contributed by atoms with E-state index in [1.807, 2.05) is 0 Å². The van der Waals surface area contributed by atoms with Gasteiger partial charge in [0.05, 0.1) is 14.2 Å². The third kappa shape index (κ3) is 4.40. The molecule has 0 bridgehead atoms. The Morgan fingerprint density at radius 1 is 0.889 bits per heavy atom. The second-order valence-corrected chi connectivity index (χ2v) is 7.20. The van der Waals surface area contributed by atoms with Crippen LogP contribution in [0.25, 0.3) is 0 Å². The molecule has 0 saturated heterocycles. The van der Waals surface area contributed by atoms with Crippen molar-refractivity contribution in [2.24, 2.45) is 5.92 Å². The molecule has 0 aromatic heterocycles. The van der Waals surface area contributed by atoms with Gasteiger partial charge in [-0.15, -0.1) is 0 Å². The average molecular weight is 378 g/mol. The van der Waals surface area contributed by atoms with Crippen molar-refractivity contribution in [3.63, 3.8) is 0 Å². The van der Waals surface area contributed by atoms with E-state index < -0.39 is 11.6 Å². The van der Waals surface area contributed by atoms with E-state index in [0.717, 1.165) is 32.1 Å². The Hall–Kier alpha value is -2.17. The van der Waals surface area contributed by atoms with Gasteiger partial charge in [0.15, 0.2) is 11.6 Å². The molecule has 5 heteroatoms. The summed E-state index contributed by atoms with van der Waals surface area (Å²) in [6.45, 7) is 0. The molecular weight excluding hydrogens is 353 g/mol. The third-order valence-electron chi connectivity index (χ3n) is 5.67. The molecule has 2 aromatic carbocycles. The minimum absolute atomic E-state index is 0.0272. The quantitative estimate of drug-likeness (QED) is 0.611. The number of aryl methyl sites for hydroxylation is 1. The molecule has 1 aliphatic rings. The fourth-order valence-corrected chi connectivity index (χ4v) is 4.00. The van der Waals surface area contributed by atoms with Crippen LogP contribution in [0, 0.1) is 23.4 Å². The van der Waals surface area contributed by atoms with Gasteiger partial charge in [-0.3, -0.25) is 0 Å². The Morgan fingerprint density at radius 2 is 1.63 bits per heavy atom. The Labute approximate surface area is 158 Å². The average Bonchev–Trinajstić information content (AvgIpc) is 2.69. The summed E-state index contributed by atoms with van der Waals surface area (Å²) in [6, 6.07) is 8.08. The first-order chi connectivity index (χ1) is 13.0. The van der Waals surface area contributed by atoms with E-state index in [-0.39, 0.29) is 17.5 Å². The zero-order chi connectivity index (χ0) is 19.4. The lowest BCUT2D eigenvalue weighted by Crippen LogP contribution is -2.15. The summed E-state index contributed by atoms with van der Waals surface area (Å²) in [5.74, 6) is -0.978. The van der Waals surface area contributed by atoms with Crippen LogP contribution in [0.5, 0.6) is 11.5 Å². The highest BCUT2D eigenvalue weighted by Gasteiger charge is 2.26. The molecule has 2 nitrogen and oxygen atoms in total. The molecule has 1 saturated carbocycles.